The van der Waals surface area contributed by atoms with Gasteiger partial charge in [-0.05, 0) is 19.4 Å². The Morgan fingerprint density at radius 3 is 2.43 bits per heavy atom. The monoisotopic (exact) mass is 189 g/mol. The van der Waals surface area contributed by atoms with Gasteiger partial charge in [0, 0.05) is 18.4 Å². The molecule has 2 rings (SSSR count). The minimum atomic E-state index is 0.170. The predicted octanol–water partition coefficient (Wildman–Crippen LogP) is 1.99. The lowest BCUT2D eigenvalue weighted by atomic mass is 9.92. The zero-order chi connectivity index (χ0) is 10.1. The van der Waals surface area contributed by atoms with Crippen molar-refractivity contribution in [2.24, 2.45) is 0 Å². The van der Waals surface area contributed by atoms with Crippen LogP contribution in [0.2, 0.25) is 0 Å². The summed E-state index contributed by atoms with van der Waals surface area (Å²) in [6.45, 7) is 4.14. The Morgan fingerprint density at radius 2 is 1.93 bits per heavy atom. The molecule has 1 saturated heterocycles. The molecule has 1 amide bonds. The van der Waals surface area contributed by atoms with Crippen LogP contribution in [0, 0.1) is 6.92 Å². The van der Waals surface area contributed by atoms with Gasteiger partial charge in [-0.3, -0.25) is 4.79 Å². The number of nitrogens with one attached hydrogen (secondary N) is 1. The van der Waals surface area contributed by atoms with Crippen LogP contribution in [0.5, 0.6) is 0 Å². The first kappa shape index (κ1) is 9.25. The summed E-state index contributed by atoms with van der Waals surface area (Å²) >= 11 is 0. The summed E-state index contributed by atoms with van der Waals surface area (Å²) in [6, 6.07) is 8.72. The Balaban J connectivity index is 2.23. The van der Waals surface area contributed by atoms with Gasteiger partial charge in [-0.1, -0.05) is 29.8 Å². The van der Waals surface area contributed by atoms with Crippen LogP contribution in [-0.2, 0) is 4.79 Å². The maximum absolute atomic E-state index is 11.2. The lowest BCUT2D eigenvalue weighted by Gasteiger charge is -2.14. The van der Waals surface area contributed by atoms with Crippen LogP contribution in [0.15, 0.2) is 24.3 Å². The lowest BCUT2D eigenvalue weighted by Crippen LogP contribution is -2.24. The SMILES string of the molecule is Cc1ccc([C@H]2CC(=O)N[C@H]2C)cc1. The van der Waals surface area contributed by atoms with Gasteiger partial charge in [0.1, 0.15) is 0 Å². The van der Waals surface area contributed by atoms with Crippen molar-refractivity contribution in [1.82, 2.24) is 5.32 Å². The highest BCUT2D eigenvalue weighted by Gasteiger charge is 2.29. The van der Waals surface area contributed by atoms with Crippen molar-refractivity contribution < 1.29 is 4.79 Å². The maximum Gasteiger partial charge on any atom is 0.220 e. The van der Waals surface area contributed by atoms with E-state index in [0.29, 0.717) is 12.3 Å². The summed E-state index contributed by atoms with van der Waals surface area (Å²) in [7, 11) is 0. The quantitative estimate of drug-likeness (QED) is 0.719. The van der Waals surface area contributed by atoms with Crippen LogP contribution < -0.4 is 5.32 Å². The number of amides is 1. The molecule has 1 aromatic carbocycles. The summed E-state index contributed by atoms with van der Waals surface area (Å²) in [5.41, 5.74) is 2.53. The molecule has 0 aromatic heterocycles. The highest BCUT2D eigenvalue weighted by molar-refractivity contribution is 5.80. The van der Waals surface area contributed by atoms with Crippen molar-refractivity contribution in [3.8, 4) is 0 Å². The van der Waals surface area contributed by atoms with E-state index in [0.717, 1.165) is 0 Å². The van der Waals surface area contributed by atoms with Gasteiger partial charge in [0.25, 0.3) is 0 Å². The maximum atomic E-state index is 11.2. The van der Waals surface area contributed by atoms with E-state index >= 15 is 0 Å². The number of aryl methyl sites for hydroxylation is 1. The van der Waals surface area contributed by atoms with Crippen molar-refractivity contribution >= 4 is 5.91 Å². The van der Waals surface area contributed by atoms with Crippen molar-refractivity contribution in [1.29, 1.82) is 0 Å². The van der Waals surface area contributed by atoms with Gasteiger partial charge in [-0.15, -0.1) is 0 Å². The van der Waals surface area contributed by atoms with E-state index in [1.807, 2.05) is 0 Å². The molecule has 2 atom stereocenters. The van der Waals surface area contributed by atoms with E-state index in [1.165, 1.54) is 11.1 Å². The minimum Gasteiger partial charge on any atom is -0.353 e. The third kappa shape index (κ3) is 1.65. The number of carbonyl (C=O) groups excluding carboxylic acids is 1. The first-order chi connectivity index (χ1) is 6.66. The molecule has 2 nitrogen and oxygen atoms in total. The van der Waals surface area contributed by atoms with Crippen LogP contribution in [0.1, 0.15) is 30.4 Å². The molecule has 1 aliphatic rings. The molecule has 14 heavy (non-hydrogen) atoms. The Labute approximate surface area is 84.3 Å². The highest BCUT2D eigenvalue weighted by Crippen LogP contribution is 2.28. The number of carbonyl (C=O) groups is 1. The Bertz CT molecular complexity index is 342. The van der Waals surface area contributed by atoms with Crippen LogP contribution in [-0.4, -0.2) is 11.9 Å². The van der Waals surface area contributed by atoms with E-state index in [9.17, 15) is 4.79 Å². The number of rotatable bonds is 1. The molecule has 0 bridgehead atoms. The van der Waals surface area contributed by atoms with Crippen LogP contribution >= 0.6 is 0 Å². The third-order valence-electron chi connectivity index (χ3n) is 2.90. The molecule has 2 heteroatoms. The Kier molecular flexibility index (Phi) is 2.28. The van der Waals surface area contributed by atoms with Crippen LogP contribution in [0.25, 0.3) is 0 Å². The van der Waals surface area contributed by atoms with Crippen molar-refractivity contribution in [2.45, 2.75) is 32.2 Å². The van der Waals surface area contributed by atoms with Gasteiger partial charge < -0.3 is 5.32 Å². The molecule has 0 spiro atoms. The summed E-state index contributed by atoms with van der Waals surface area (Å²) in [6.07, 6.45) is 0.629. The summed E-state index contributed by atoms with van der Waals surface area (Å²) < 4.78 is 0. The van der Waals surface area contributed by atoms with E-state index < -0.39 is 0 Å². The van der Waals surface area contributed by atoms with Gasteiger partial charge in [0.05, 0.1) is 0 Å². The van der Waals surface area contributed by atoms with E-state index in [4.69, 9.17) is 0 Å². The van der Waals surface area contributed by atoms with Gasteiger partial charge in [-0.2, -0.15) is 0 Å². The molecule has 0 unspecified atom stereocenters. The fourth-order valence-corrected chi connectivity index (χ4v) is 2.01. The van der Waals surface area contributed by atoms with Crippen molar-refractivity contribution in [3.05, 3.63) is 35.4 Å². The number of hydrogen-bond acceptors (Lipinski definition) is 1. The van der Waals surface area contributed by atoms with E-state index in [-0.39, 0.29) is 11.9 Å². The first-order valence-corrected chi connectivity index (χ1v) is 5.03. The molecular formula is C12H15NO. The second-order valence-electron chi connectivity index (χ2n) is 4.08. The number of benzene rings is 1. The largest absolute Gasteiger partial charge is 0.353 e. The second kappa shape index (κ2) is 3.45. The summed E-state index contributed by atoms with van der Waals surface area (Å²) in [5.74, 6) is 0.520. The van der Waals surface area contributed by atoms with Gasteiger partial charge in [0.2, 0.25) is 5.91 Å². The molecule has 1 fully saturated rings. The zero-order valence-electron chi connectivity index (χ0n) is 8.58. The van der Waals surface area contributed by atoms with Crippen LogP contribution in [0.4, 0.5) is 0 Å². The van der Waals surface area contributed by atoms with Gasteiger partial charge >= 0.3 is 0 Å². The summed E-state index contributed by atoms with van der Waals surface area (Å²) in [4.78, 5) is 11.2. The molecule has 0 saturated carbocycles. The Hall–Kier alpha value is -1.31. The fraction of sp³-hybridized carbons (Fsp3) is 0.417. The average molecular weight is 189 g/mol. The molecule has 0 aliphatic carbocycles. The topological polar surface area (TPSA) is 29.1 Å². The number of hydrogen-bond donors (Lipinski definition) is 1. The molecule has 1 N–H and O–H groups in total. The zero-order valence-corrected chi connectivity index (χ0v) is 8.58. The molecule has 0 radical (unpaired) electrons. The predicted molar refractivity (Wildman–Crippen MR) is 56.1 cm³/mol. The summed E-state index contributed by atoms with van der Waals surface area (Å²) in [5, 5.41) is 2.94. The molecule has 1 heterocycles. The van der Waals surface area contributed by atoms with Gasteiger partial charge in [0.15, 0.2) is 0 Å². The molecular weight excluding hydrogens is 174 g/mol. The fourth-order valence-electron chi connectivity index (χ4n) is 2.01. The van der Waals surface area contributed by atoms with E-state index in [2.05, 4.69) is 43.4 Å². The van der Waals surface area contributed by atoms with Gasteiger partial charge in [-0.25, -0.2) is 0 Å². The van der Waals surface area contributed by atoms with Crippen molar-refractivity contribution in [2.75, 3.05) is 0 Å². The smallest absolute Gasteiger partial charge is 0.220 e. The van der Waals surface area contributed by atoms with E-state index in [1.54, 1.807) is 0 Å². The normalized spacial score (nSPS) is 26.3. The standard InChI is InChI=1S/C12H15NO/c1-8-3-5-10(6-4-8)11-7-12(14)13-9(11)2/h3-6,9,11H,7H2,1-2H3,(H,13,14)/t9-,11-/m0/s1. The van der Waals surface area contributed by atoms with Crippen LogP contribution in [0.3, 0.4) is 0 Å². The molecule has 1 aromatic rings. The first-order valence-electron chi connectivity index (χ1n) is 5.03. The second-order valence-corrected chi connectivity index (χ2v) is 4.08. The third-order valence-corrected chi connectivity index (χ3v) is 2.90. The molecule has 74 valence electrons. The minimum absolute atomic E-state index is 0.170. The Morgan fingerprint density at radius 1 is 1.29 bits per heavy atom. The molecule has 1 aliphatic heterocycles. The highest BCUT2D eigenvalue weighted by atomic mass is 16.1. The average Bonchev–Trinajstić information content (AvgIpc) is 2.47. The van der Waals surface area contributed by atoms with Crippen molar-refractivity contribution in [3.63, 3.8) is 0 Å². The lowest BCUT2D eigenvalue weighted by molar-refractivity contribution is -0.119.